The molecule has 2 aromatic rings. The lowest BCUT2D eigenvalue weighted by Crippen LogP contribution is -2.22. The summed E-state index contributed by atoms with van der Waals surface area (Å²) in [5.74, 6) is 0.397. The molecule has 0 saturated carbocycles. The molecule has 0 saturated heterocycles. The molecule has 0 aliphatic heterocycles. The lowest BCUT2D eigenvalue weighted by molar-refractivity contribution is 0.318. The smallest absolute Gasteiger partial charge is 0.188 e. The third-order valence-corrected chi connectivity index (χ3v) is 2.83. The van der Waals surface area contributed by atoms with Crippen LogP contribution in [0.25, 0.3) is 5.82 Å². The molecule has 8 nitrogen and oxygen atoms in total. The van der Waals surface area contributed by atoms with Crippen molar-refractivity contribution >= 4 is 5.84 Å². The molecular weight excluding hydrogens is 246 g/mol. The first kappa shape index (κ1) is 12.9. The number of nitrogens with two attached hydrogens (primary N) is 1. The monoisotopic (exact) mass is 261 g/mol. The van der Waals surface area contributed by atoms with Gasteiger partial charge in [0.25, 0.3) is 0 Å². The molecule has 0 fully saturated rings. The fourth-order valence-electron chi connectivity index (χ4n) is 1.96. The fourth-order valence-corrected chi connectivity index (χ4v) is 1.96. The SMILES string of the molecule is CCc1nnc(-n2cncn2)c(C(N)=NO)c1CC. The van der Waals surface area contributed by atoms with Gasteiger partial charge in [-0.1, -0.05) is 19.0 Å². The zero-order chi connectivity index (χ0) is 13.8. The van der Waals surface area contributed by atoms with Gasteiger partial charge in [-0.05, 0) is 18.4 Å². The minimum absolute atomic E-state index is 0.00745. The van der Waals surface area contributed by atoms with Gasteiger partial charge in [-0.2, -0.15) is 10.2 Å². The summed E-state index contributed by atoms with van der Waals surface area (Å²) in [6.07, 6.45) is 4.30. The summed E-state index contributed by atoms with van der Waals surface area (Å²) in [6.45, 7) is 3.96. The predicted molar refractivity (Wildman–Crippen MR) is 68.2 cm³/mol. The largest absolute Gasteiger partial charge is 0.409 e. The third-order valence-electron chi connectivity index (χ3n) is 2.83. The Morgan fingerprint density at radius 2 is 2.16 bits per heavy atom. The van der Waals surface area contributed by atoms with Crippen molar-refractivity contribution in [2.75, 3.05) is 0 Å². The van der Waals surface area contributed by atoms with Crippen LogP contribution in [0.15, 0.2) is 17.8 Å². The Kier molecular flexibility index (Phi) is 3.69. The lowest BCUT2D eigenvalue weighted by atomic mass is 10.0. The van der Waals surface area contributed by atoms with Gasteiger partial charge in [-0.3, -0.25) is 0 Å². The van der Waals surface area contributed by atoms with E-state index in [1.807, 2.05) is 13.8 Å². The van der Waals surface area contributed by atoms with Crippen molar-refractivity contribution < 1.29 is 5.21 Å². The minimum atomic E-state index is -0.00745. The molecule has 0 aliphatic carbocycles. The highest BCUT2D eigenvalue weighted by Crippen LogP contribution is 2.19. The zero-order valence-electron chi connectivity index (χ0n) is 10.8. The molecule has 2 heterocycles. The van der Waals surface area contributed by atoms with E-state index in [0.717, 1.165) is 17.7 Å². The van der Waals surface area contributed by atoms with Gasteiger partial charge in [0.15, 0.2) is 11.7 Å². The highest BCUT2D eigenvalue weighted by atomic mass is 16.4. The van der Waals surface area contributed by atoms with Gasteiger partial charge in [0.1, 0.15) is 12.7 Å². The number of hydrogen-bond acceptors (Lipinski definition) is 6. The van der Waals surface area contributed by atoms with Gasteiger partial charge < -0.3 is 10.9 Å². The van der Waals surface area contributed by atoms with Crippen LogP contribution in [-0.4, -0.2) is 36.0 Å². The molecule has 0 spiro atoms. The van der Waals surface area contributed by atoms with E-state index in [9.17, 15) is 0 Å². The van der Waals surface area contributed by atoms with Crippen molar-refractivity contribution in [3.05, 3.63) is 29.5 Å². The fraction of sp³-hybridized carbons (Fsp3) is 0.364. The standard InChI is InChI=1S/C11H15N7O/c1-3-7-8(4-2)15-16-11(9(7)10(12)17-19)18-6-13-5-14-18/h5-6,19H,3-4H2,1-2H3,(H2,12,17). The van der Waals surface area contributed by atoms with E-state index in [4.69, 9.17) is 10.9 Å². The molecule has 0 amide bonds. The van der Waals surface area contributed by atoms with Crippen molar-refractivity contribution in [1.82, 2.24) is 25.0 Å². The highest BCUT2D eigenvalue weighted by molar-refractivity contribution is 6.01. The van der Waals surface area contributed by atoms with Crippen LogP contribution >= 0.6 is 0 Å². The summed E-state index contributed by atoms with van der Waals surface area (Å²) in [5, 5.41) is 24.3. The van der Waals surface area contributed by atoms with E-state index in [0.29, 0.717) is 17.8 Å². The van der Waals surface area contributed by atoms with Gasteiger partial charge in [-0.25, -0.2) is 9.67 Å². The quantitative estimate of drug-likeness (QED) is 0.353. The summed E-state index contributed by atoms with van der Waals surface area (Å²) in [6, 6.07) is 0. The normalized spacial score (nSPS) is 11.8. The van der Waals surface area contributed by atoms with E-state index in [-0.39, 0.29) is 5.84 Å². The van der Waals surface area contributed by atoms with E-state index in [1.54, 1.807) is 0 Å². The Morgan fingerprint density at radius 1 is 1.37 bits per heavy atom. The number of nitrogens with zero attached hydrogens (tertiary/aromatic N) is 6. The van der Waals surface area contributed by atoms with Crippen molar-refractivity contribution in [3.8, 4) is 5.82 Å². The molecule has 100 valence electrons. The third kappa shape index (κ3) is 2.24. The molecule has 2 aromatic heterocycles. The highest BCUT2D eigenvalue weighted by Gasteiger charge is 2.19. The van der Waals surface area contributed by atoms with Crippen molar-refractivity contribution in [3.63, 3.8) is 0 Å². The van der Waals surface area contributed by atoms with Gasteiger partial charge in [0.2, 0.25) is 0 Å². The average molecular weight is 261 g/mol. The first-order valence-corrected chi connectivity index (χ1v) is 5.94. The van der Waals surface area contributed by atoms with Crippen LogP contribution in [0.5, 0.6) is 0 Å². The minimum Gasteiger partial charge on any atom is -0.409 e. The van der Waals surface area contributed by atoms with E-state index in [2.05, 4.69) is 25.4 Å². The van der Waals surface area contributed by atoms with Gasteiger partial charge in [-0.15, -0.1) is 5.10 Å². The second-order valence-electron chi connectivity index (χ2n) is 3.86. The second-order valence-corrected chi connectivity index (χ2v) is 3.86. The first-order valence-electron chi connectivity index (χ1n) is 5.94. The van der Waals surface area contributed by atoms with Crippen LogP contribution in [0.2, 0.25) is 0 Å². The summed E-state index contributed by atoms with van der Waals surface area (Å²) in [5.41, 5.74) is 8.04. The molecular formula is C11H15N7O. The predicted octanol–water partition coefficient (Wildman–Crippen LogP) is 0.277. The molecule has 0 atom stereocenters. The number of rotatable bonds is 4. The molecule has 0 radical (unpaired) electrons. The van der Waals surface area contributed by atoms with Crippen LogP contribution in [0.4, 0.5) is 0 Å². The maximum Gasteiger partial charge on any atom is 0.188 e. The number of aromatic nitrogens is 5. The van der Waals surface area contributed by atoms with Crippen LogP contribution < -0.4 is 5.73 Å². The topological polar surface area (TPSA) is 115 Å². The summed E-state index contributed by atoms with van der Waals surface area (Å²) in [4.78, 5) is 3.86. The van der Waals surface area contributed by atoms with Crippen LogP contribution in [-0.2, 0) is 12.8 Å². The van der Waals surface area contributed by atoms with E-state index < -0.39 is 0 Å². The number of hydrogen-bond donors (Lipinski definition) is 2. The number of amidine groups is 1. The van der Waals surface area contributed by atoms with Crippen molar-refractivity contribution in [2.45, 2.75) is 26.7 Å². The number of oxime groups is 1. The van der Waals surface area contributed by atoms with E-state index >= 15 is 0 Å². The summed E-state index contributed by atoms with van der Waals surface area (Å²) >= 11 is 0. The Morgan fingerprint density at radius 3 is 2.68 bits per heavy atom. The Hall–Kier alpha value is -2.51. The van der Waals surface area contributed by atoms with Crippen LogP contribution in [0.1, 0.15) is 30.7 Å². The molecule has 2 rings (SSSR count). The maximum absolute atomic E-state index is 8.96. The molecule has 0 aliphatic rings. The molecule has 0 bridgehead atoms. The Bertz CT molecular complexity index is 591. The summed E-state index contributed by atoms with van der Waals surface area (Å²) < 4.78 is 1.44. The maximum atomic E-state index is 8.96. The molecule has 8 heteroatoms. The molecule has 0 aromatic carbocycles. The average Bonchev–Trinajstić information content (AvgIpc) is 2.98. The van der Waals surface area contributed by atoms with Crippen molar-refractivity contribution in [1.29, 1.82) is 0 Å². The summed E-state index contributed by atoms with van der Waals surface area (Å²) in [7, 11) is 0. The van der Waals surface area contributed by atoms with E-state index in [1.165, 1.54) is 17.3 Å². The lowest BCUT2D eigenvalue weighted by Gasteiger charge is -2.13. The van der Waals surface area contributed by atoms with Gasteiger partial charge in [0, 0.05) is 0 Å². The molecule has 0 unspecified atom stereocenters. The first-order chi connectivity index (χ1) is 9.22. The molecule has 3 N–H and O–H groups in total. The second kappa shape index (κ2) is 5.42. The Balaban J connectivity index is 2.74. The molecule has 19 heavy (non-hydrogen) atoms. The zero-order valence-corrected chi connectivity index (χ0v) is 10.8. The Labute approximate surface area is 110 Å². The van der Waals surface area contributed by atoms with Gasteiger partial charge >= 0.3 is 0 Å². The van der Waals surface area contributed by atoms with Crippen LogP contribution in [0, 0.1) is 0 Å². The van der Waals surface area contributed by atoms with Gasteiger partial charge in [0.05, 0.1) is 11.3 Å². The number of aryl methyl sites for hydroxylation is 1. The van der Waals surface area contributed by atoms with Crippen molar-refractivity contribution in [2.24, 2.45) is 10.9 Å². The van der Waals surface area contributed by atoms with Crippen LogP contribution in [0.3, 0.4) is 0 Å².